The molecule has 1 aromatic carbocycles. The molecule has 1 aliphatic rings. The molecule has 2 heterocycles. The van der Waals surface area contributed by atoms with E-state index in [2.05, 4.69) is 48.8 Å². The first-order chi connectivity index (χ1) is 12.9. The van der Waals surface area contributed by atoms with Crippen LogP contribution in [0.4, 0.5) is 0 Å². The Morgan fingerprint density at radius 2 is 1.81 bits per heavy atom. The van der Waals surface area contributed by atoms with Gasteiger partial charge in [-0.3, -0.25) is 4.90 Å². The Morgan fingerprint density at radius 3 is 2.37 bits per heavy atom. The van der Waals surface area contributed by atoms with Crippen molar-refractivity contribution in [1.29, 1.82) is 0 Å². The molecule has 2 atom stereocenters. The number of sulfonamides is 1. The minimum Gasteiger partial charge on any atom is -0.301 e. The molecule has 8 heteroatoms. The molecule has 1 fully saturated rings. The molecule has 0 aliphatic carbocycles. The van der Waals surface area contributed by atoms with Crippen molar-refractivity contribution in [3.8, 4) is 0 Å². The predicted molar refractivity (Wildman–Crippen MR) is 115 cm³/mol. The summed E-state index contributed by atoms with van der Waals surface area (Å²) < 4.78 is 29.5. The van der Waals surface area contributed by atoms with Gasteiger partial charge in [0, 0.05) is 41.6 Å². The average Bonchev–Trinajstić information content (AvgIpc) is 3.16. The van der Waals surface area contributed by atoms with Gasteiger partial charge < -0.3 is 4.90 Å². The van der Waals surface area contributed by atoms with Gasteiger partial charge in [0.1, 0.15) is 0 Å². The van der Waals surface area contributed by atoms with Gasteiger partial charge in [-0.1, -0.05) is 28.9 Å². The minimum absolute atomic E-state index is 0.0363. The Morgan fingerprint density at radius 1 is 1.15 bits per heavy atom. The van der Waals surface area contributed by atoms with E-state index in [-0.39, 0.29) is 12.1 Å². The molecule has 0 saturated carbocycles. The number of piperazine rings is 1. The minimum atomic E-state index is -3.57. The molecule has 0 amide bonds. The van der Waals surface area contributed by atoms with Crippen LogP contribution in [-0.2, 0) is 10.0 Å². The number of thiophene rings is 1. The molecule has 148 valence electrons. The van der Waals surface area contributed by atoms with E-state index in [0.717, 1.165) is 37.2 Å². The SMILES string of the molecule is CCN1CCN([C@H](c2cccs2)[C@H](C)NS(=O)(=O)c2ccc(Br)cc2)CC1. The number of nitrogens with one attached hydrogen (secondary N) is 1. The zero-order valence-corrected chi connectivity index (χ0v) is 18.9. The number of benzene rings is 1. The summed E-state index contributed by atoms with van der Waals surface area (Å²) in [5.41, 5.74) is 0. The topological polar surface area (TPSA) is 52.6 Å². The van der Waals surface area contributed by atoms with Crippen molar-refractivity contribution < 1.29 is 8.42 Å². The third kappa shape index (κ3) is 5.19. The highest BCUT2D eigenvalue weighted by Gasteiger charge is 2.32. The lowest BCUT2D eigenvalue weighted by Crippen LogP contribution is -2.52. The van der Waals surface area contributed by atoms with E-state index >= 15 is 0 Å². The van der Waals surface area contributed by atoms with E-state index in [1.807, 2.05) is 13.0 Å². The molecule has 3 rings (SSSR count). The lowest BCUT2D eigenvalue weighted by molar-refractivity contribution is 0.0888. The highest BCUT2D eigenvalue weighted by molar-refractivity contribution is 9.10. The van der Waals surface area contributed by atoms with E-state index in [0.29, 0.717) is 4.90 Å². The third-order valence-corrected chi connectivity index (χ3v) is 8.07. The van der Waals surface area contributed by atoms with Crippen LogP contribution in [0.3, 0.4) is 0 Å². The molecule has 0 spiro atoms. The molecule has 27 heavy (non-hydrogen) atoms. The van der Waals surface area contributed by atoms with Crippen molar-refractivity contribution >= 4 is 37.3 Å². The second kappa shape index (κ2) is 9.15. The fourth-order valence-corrected chi connectivity index (χ4v) is 6.03. The van der Waals surface area contributed by atoms with Gasteiger partial charge >= 0.3 is 0 Å². The van der Waals surface area contributed by atoms with E-state index in [1.54, 1.807) is 35.6 Å². The molecule has 0 radical (unpaired) electrons. The van der Waals surface area contributed by atoms with Crippen LogP contribution in [0.2, 0.25) is 0 Å². The Bertz CT molecular complexity index is 817. The summed E-state index contributed by atoms with van der Waals surface area (Å²) in [6.45, 7) is 9.13. The first-order valence-corrected chi connectivity index (χ1v) is 12.3. The first-order valence-electron chi connectivity index (χ1n) is 9.18. The van der Waals surface area contributed by atoms with Crippen LogP contribution >= 0.6 is 27.3 Å². The Hall–Kier alpha value is -0.770. The van der Waals surface area contributed by atoms with Gasteiger partial charge in [-0.15, -0.1) is 11.3 Å². The molecular weight excluding hydrogens is 446 g/mol. The maximum absolute atomic E-state index is 12.9. The number of nitrogens with zero attached hydrogens (tertiary/aromatic N) is 2. The van der Waals surface area contributed by atoms with Gasteiger partial charge in [0.15, 0.2) is 0 Å². The lowest BCUT2D eigenvalue weighted by Gasteiger charge is -2.41. The van der Waals surface area contributed by atoms with Gasteiger partial charge in [-0.25, -0.2) is 13.1 Å². The maximum Gasteiger partial charge on any atom is 0.240 e. The molecule has 0 bridgehead atoms. The number of hydrogen-bond donors (Lipinski definition) is 1. The second-order valence-corrected chi connectivity index (χ2v) is 10.4. The van der Waals surface area contributed by atoms with Crippen molar-refractivity contribution in [2.24, 2.45) is 0 Å². The zero-order chi connectivity index (χ0) is 19.4. The van der Waals surface area contributed by atoms with Crippen molar-refractivity contribution in [3.63, 3.8) is 0 Å². The highest BCUT2D eigenvalue weighted by Crippen LogP contribution is 2.30. The average molecular weight is 472 g/mol. The quantitative estimate of drug-likeness (QED) is 0.670. The van der Waals surface area contributed by atoms with Crippen molar-refractivity contribution in [1.82, 2.24) is 14.5 Å². The van der Waals surface area contributed by atoms with Crippen molar-refractivity contribution in [2.45, 2.75) is 30.8 Å². The van der Waals surface area contributed by atoms with E-state index in [9.17, 15) is 8.42 Å². The fraction of sp³-hybridized carbons (Fsp3) is 0.474. The van der Waals surface area contributed by atoms with Gasteiger partial charge in [-0.05, 0) is 49.2 Å². The number of hydrogen-bond acceptors (Lipinski definition) is 5. The van der Waals surface area contributed by atoms with Gasteiger partial charge in [0.2, 0.25) is 10.0 Å². The molecular formula is C19H26BrN3O2S2. The normalized spacial score (nSPS) is 19.1. The Kier molecular flexibility index (Phi) is 7.10. The van der Waals surface area contributed by atoms with Crippen molar-refractivity contribution in [2.75, 3.05) is 32.7 Å². The summed E-state index contributed by atoms with van der Waals surface area (Å²) >= 11 is 5.04. The van der Waals surface area contributed by atoms with Crippen LogP contribution in [0, 0.1) is 0 Å². The summed E-state index contributed by atoms with van der Waals surface area (Å²) in [6.07, 6.45) is 0. The van der Waals surface area contributed by atoms with Crippen LogP contribution in [-0.4, -0.2) is 57.0 Å². The Labute approximate surface area is 174 Å². The monoisotopic (exact) mass is 471 g/mol. The van der Waals surface area contributed by atoms with E-state index in [1.165, 1.54) is 4.88 Å². The molecule has 1 aliphatic heterocycles. The largest absolute Gasteiger partial charge is 0.301 e. The van der Waals surface area contributed by atoms with Gasteiger partial charge in [0.25, 0.3) is 0 Å². The molecule has 1 saturated heterocycles. The fourth-order valence-electron chi connectivity index (χ4n) is 3.55. The number of likely N-dealkylation sites (N-methyl/N-ethyl adjacent to an activating group) is 1. The zero-order valence-electron chi connectivity index (χ0n) is 15.6. The molecule has 1 aromatic heterocycles. The molecule has 5 nitrogen and oxygen atoms in total. The van der Waals surface area contributed by atoms with E-state index < -0.39 is 10.0 Å². The third-order valence-electron chi connectivity index (χ3n) is 5.02. The summed E-state index contributed by atoms with van der Waals surface area (Å²) in [7, 11) is -3.57. The van der Waals surface area contributed by atoms with Crippen LogP contribution in [0.25, 0.3) is 0 Å². The summed E-state index contributed by atoms with van der Waals surface area (Å²) in [6, 6.07) is 10.7. The lowest BCUT2D eigenvalue weighted by atomic mass is 10.1. The summed E-state index contributed by atoms with van der Waals surface area (Å²) in [5.74, 6) is 0. The summed E-state index contributed by atoms with van der Waals surface area (Å²) in [5, 5.41) is 2.06. The molecule has 0 unspecified atom stereocenters. The van der Waals surface area contributed by atoms with Gasteiger partial charge in [0.05, 0.1) is 10.9 Å². The number of halogens is 1. The highest BCUT2D eigenvalue weighted by atomic mass is 79.9. The number of rotatable bonds is 7. The van der Waals surface area contributed by atoms with E-state index in [4.69, 9.17) is 0 Å². The standard InChI is InChI=1S/C19H26BrN3O2S2/c1-3-22-10-12-23(13-11-22)19(18-5-4-14-26-18)15(2)21-27(24,25)17-8-6-16(20)7-9-17/h4-9,14-15,19,21H,3,10-13H2,1-2H3/t15-,19-/m0/s1. The van der Waals surface area contributed by atoms with Crippen molar-refractivity contribution in [3.05, 3.63) is 51.1 Å². The Balaban J connectivity index is 1.79. The van der Waals surface area contributed by atoms with Crippen LogP contribution in [0.15, 0.2) is 51.1 Å². The first kappa shape index (κ1) is 21.0. The predicted octanol–water partition coefficient (Wildman–Crippen LogP) is 3.56. The maximum atomic E-state index is 12.9. The molecule has 2 aromatic rings. The van der Waals surface area contributed by atoms with Crippen LogP contribution < -0.4 is 4.72 Å². The smallest absolute Gasteiger partial charge is 0.240 e. The van der Waals surface area contributed by atoms with Crippen LogP contribution in [0.5, 0.6) is 0 Å². The van der Waals surface area contributed by atoms with Crippen LogP contribution in [0.1, 0.15) is 24.8 Å². The second-order valence-electron chi connectivity index (χ2n) is 6.79. The molecule has 1 N–H and O–H groups in total. The van der Waals surface area contributed by atoms with Gasteiger partial charge in [-0.2, -0.15) is 0 Å². The summed E-state index contributed by atoms with van der Waals surface area (Å²) in [4.78, 5) is 6.33.